The van der Waals surface area contributed by atoms with Crippen molar-refractivity contribution in [2.75, 3.05) is 0 Å². The molecule has 2 aromatic rings. The fourth-order valence-electron chi connectivity index (χ4n) is 1.04. The zero-order valence-corrected chi connectivity index (χ0v) is 15.0. The van der Waals surface area contributed by atoms with Gasteiger partial charge in [-0.05, 0) is 12.1 Å². The summed E-state index contributed by atoms with van der Waals surface area (Å²) in [6, 6.07) is 10.3. The number of hydrogen-bond donors (Lipinski definition) is 0. The minimum atomic E-state index is 0. The molecule has 9 heteroatoms. The van der Waals surface area contributed by atoms with Gasteiger partial charge < -0.3 is 35.2 Å². The van der Waals surface area contributed by atoms with Crippen LogP contribution < -0.4 is 34.3 Å². The van der Waals surface area contributed by atoms with E-state index in [0.29, 0.717) is 10.1 Å². The molecule has 0 aliphatic heterocycles. The fourth-order valence-corrected chi connectivity index (χ4v) is 3.03. The summed E-state index contributed by atoms with van der Waals surface area (Å²) >= 11 is 0. The van der Waals surface area contributed by atoms with Gasteiger partial charge in [-0.25, -0.2) is 0 Å². The normalized spacial score (nSPS) is 8.63. The van der Waals surface area contributed by atoms with Crippen LogP contribution in [-0.4, -0.2) is 37.7 Å². The number of halogens is 2. The molecule has 0 aliphatic carbocycles. The fraction of sp³-hybridized carbons (Fsp3) is 0. The van der Waals surface area contributed by atoms with Crippen LogP contribution in [0.4, 0.5) is 0 Å². The average molecular weight is 363 g/mol. The molecule has 0 atom stereocenters. The Hall–Kier alpha value is 0.440. The van der Waals surface area contributed by atoms with E-state index in [1.54, 1.807) is 36.4 Å². The van der Waals surface area contributed by atoms with Gasteiger partial charge in [-0.3, -0.25) is 0 Å². The minimum Gasteiger partial charge on any atom is -1.00 e. The van der Waals surface area contributed by atoms with Crippen molar-refractivity contribution in [3.8, 4) is 0 Å². The van der Waals surface area contributed by atoms with Crippen LogP contribution in [0, 0.1) is 10.4 Å². The van der Waals surface area contributed by atoms with Crippen molar-refractivity contribution in [1.82, 2.24) is 0 Å². The van der Waals surface area contributed by atoms with Gasteiger partial charge in [0.1, 0.15) is 0 Å². The SMILES string of the molecule is [Ca+2].[Cl-].[Cl-].[O-][n+]1ccccc1SSc1cccc[n+]1[O-]. The van der Waals surface area contributed by atoms with Crippen molar-refractivity contribution >= 4 is 59.3 Å². The summed E-state index contributed by atoms with van der Waals surface area (Å²) in [4.78, 5) is 0. The Kier molecular flexibility index (Phi) is 12.7. The smallest absolute Gasteiger partial charge is 1.00 e. The third-order valence-corrected chi connectivity index (χ3v) is 4.12. The van der Waals surface area contributed by atoms with Crippen LogP contribution in [0.1, 0.15) is 0 Å². The van der Waals surface area contributed by atoms with E-state index in [1.165, 1.54) is 34.0 Å². The summed E-state index contributed by atoms with van der Waals surface area (Å²) in [7, 11) is 2.52. The molecule has 2 aromatic heterocycles. The number of rotatable bonds is 3. The Morgan fingerprint density at radius 1 is 0.737 bits per heavy atom. The molecule has 0 N–H and O–H groups in total. The van der Waals surface area contributed by atoms with Crippen LogP contribution in [0.25, 0.3) is 0 Å². The van der Waals surface area contributed by atoms with E-state index in [-0.39, 0.29) is 62.6 Å². The van der Waals surface area contributed by atoms with E-state index in [9.17, 15) is 10.4 Å². The quantitative estimate of drug-likeness (QED) is 0.238. The van der Waals surface area contributed by atoms with Crippen LogP contribution in [0.15, 0.2) is 58.8 Å². The number of pyridine rings is 2. The number of aromatic nitrogens is 2. The molecule has 2 rings (SSSR count). The van der Waals surface area contributed by atoms with Gasteiger partial charge in [0.25, 0.3) is 10.1 Å². The van der Waals surface area contributed by atoms with Gasteiger partial charge in [0.15, 0.2) is 12.4 Å². The van der Waals surface area contributed by atoms with Gasteiger partial charge in [-0.15, -0.1) is 0 Å². The van der Waals surface area contributed by atoms with Crippen molar-refractivity contribution in [2.24, 2.45) is 0 Å². The molecule has 0 amide bonds. The van der Waals surface area contributed by atoms with Gasteiger partial charge in [-0.2, -0.15) is 9.46 Å². The van der Waals surface area contributed by atoms with E-state index in [4.69, 9.17) is 0 Å². The summed E-state index contributed by atoms with van der Waals surface area (Å²) in [6.45, 7) is 0. The standard InChI is InChI=1S/C10H8N2O2S2.Ca.2ClH/c13-11-7-3-1-5-9(11)15-16-10-6-2-4-8-12(10)14;;;/h1-8H;;2*1H/q;+2;;/p-2. The predicted octanol–water partition coefficient (Wildman–Crippen LogP) is -4.62. The summed E-state index contributed by atoms with van der Waals surface area (Å²) in [5.41, 5.74) is 0. The second-order valence-corrected chi connectivity index (χ2v) is 5.07. The van der Waals surface area contributed by atoms with Gasteiger partial charge in [0.05, 0.1) is 0 Å². The molecule has 0 aliphatic rings. The zero-order chi connectivity index (χ0) is 11.4. The summed E-state index contributed by atoms with van der Waals surface area (Å²) in [5, 5.41) is 23.8. The third-order valence-electron chi connectivity index (χ3n) is 1.79. The van der Waals surface area contributed by atoms with E-state index in [2.05, 4.69) is 0 Å². The molecule has 98 valence electrons. The predicted molar refractivity (Wildman–Crippen MR) is 68.3 cm³/mol. The van der Waals surface area contributed by atoms with Gasteiger partial charge in [0, 0.05) is 45.9 Å². The number of hydrogen-bond acceptors (Lipinski definition) is 4. The van der Waals surface area contributed by atoms with Crippen LogP contribution in [-0.2, 0) is 0 Å². The van der Waals surface area contributed by atoms with Gasteiger partial charge in [0.2, 0.25) is 0 Å². The largest absolute Gasteiger partial charge is 2.00 e. The topological polar surface area (TPSA) is 53.9 Å². The Bertz CT molecular complexity index is 463. The van der Waals surface area contributed by atoms with E-state index in [0.717, 1.165) is 9.46 Å². The molecule has 4 nitrogen and oxygen atoms in total. The molecule has 0 unspecified atom stereocenters. The van der Waals surface area contributed by atoms with Crippen LogP contribution >= 0.6 is 21.6 Å². The van der Waals surface area contributed by atoms with E-state index >= 15 is 0 Å². The molecule has 0 radical (unpaired) electrons. The van der Waals surface area contributed by atoms with Crippen molar-refractivity contribution in [3.63, 3.8) is 0 Å². The summed E-state index contributed by atoms with van der Waals surface area (Å²) in [5.74, 6) is 0. The van der Waals surface area contributed by atoms with Crippen molar-refractivity contribution in [1.29, 1.82) is 0 Å². The van der Waals surface area contributed by atoms with Crippen LogP contribution in [0.3, 0.4) is 0 Å². The Morgan fingerprint density at radius 2 is 1.11 bits per heavy atom. The Balaban J connectivity index is 0. The molecule has 2 heterocycles. The van der Waals surface area contributed by atoms with E-state index in [1.807, 2.05) is 0 Å². The van der Waals surface area contributed by atoms with Gasteiger partial charge >= 0.3 is 37.7 Å². The molecule has 0 fully saturated rings. The Morgan fingerprint density at radius 3 is 1.42 bits per heavy atom. The second kappa shape index (κ2) is 11.1. The second-order valence-electron chi connectivity index (χ2n) is 2.90. The maximum absolute atomic E-state index is 11.3. The van der Waals surface area contributed by atoms with Gasteiger partial charge in [-0.1, -0.05) is 0 Å². The van der Waals surface area contributed by atoms with E-state index < -0.39 is 0 Å². The van der Waals surface area contributed by atoms with Crippen LogP contribution in [0.2, 0.25) is 0 Å². The minimum absolute atomic E-state index is 0. The first-order valence-corrected chi connectivity index (χ1v) is 6.63. The molecule has 0 saturated carbocycles. The Labute approximate surface area is 161 Å². The molecule has 0 aromatic carbocycles. The van der Waals surface area contributed by atoms with Crippen molar-refractivity contribution in [2.45, 2.75) is 10.1 Å². The molecule has 19 heavy (non-hydrogen) atoms. The first-order chi connectivity index (χ1) is 7.77. The molecule has 0 spiro atoms. The third kappa shape index (κ3) is 6.62. The first-order valence-electron chi connectivity index (χ1n) is 4.48. The first kappa shape index (κ1) is 21.7. The maximum Gasteiger partial charge on any atom is 2.00 e. The molecular weight excluding hydrogens is 355 g/mol. The summed E-state index contributed by atoms with van der Waals surface area (Å²) < 4.78 is 1.55. The summed E-state index contributed by atoms with van der Waals surface area (Å²) in [6.07, 6.45) is 2.86. The average Bonchev–Trinajstić information content (AvgIpc) is 2.30. The zero-order valence-electron chi connectivity index (χ0n) is 9.61. The van der Waals surface area contributed by atoms with Crippen molar-refractivity contribution in [3.05, 3.63) is 59.2 Å². The molecule has 0 saturated heterocycles. The van der Waals surface area contributed by atoms with Crippen molar-refractivity contribution < 1.29 is 34.3 Å². The molecular formula is C10H8CaCl2N2O2S2. The maximum atomic E-state index is 11.3. The molecule has 0 bridgehead atoms. The monoisotopic (exact) mass is 362 g/mol. The van der Waals surface area contributed by atoms with Crippen LogP contribution in [0.5, 0.6) is 0 Å². The number of nitrogens with zero attached hydrogens (tertiary/aromatic N) is 2.